The molecule has 1 aliphatic rings. The lowest BCUT2D eigenvalue weighted by molar-refractivity contribution is 0.194. The zero-order chi connectivity index (χ0) is 8.43. The van der Waals surface area contributed by atoms with Crippen LogP contribution < -0.4 is 0 Å². The number of hydrogen-bond donors (Lipinski definition) is 0. The molecule has 0 radical (unpaired) electrons. The Morgan fingerprint density at radius 3 is 2.45 bits per heavy atom. The SMILES string of the molecule is CC(C)CN1CCN(C)C1=O. The number of amides is 2. The number of carbonyl (C=O) groups excluding carboxylic acids is 1. The molecule has 0 spiro atoms. The maximum absolute atomic E-state index is 11.3. The number of likely N-dealkylation sites (N-methyl/N-ethyl adjacent to an activating group) is 1. The van der Waals surface area contributed by atoms with E-state index in [1.54, 1.807) is 4.90 Å². The Kier molecular flexibility index (Phi) is 2.37. The molecule has 11 heavy (non-hydrogen) atoms. The van der Waals surface area contributed by atoms with E-state index in [4.69, 9.17) is 0 Å². The van der Waals surface area contributed by atoms with Crippen molar-refractivity contribution in [3.8, 4) is 0 Å². The summed E-state index contributed by atoms with van der Waals surface area (Å²) in [5.74, 6) is 0.574. The highest BCUT2D eigenvalue weighted by atomic mass is 16.2. The molecular weight excluding hydrogens is 140 g/mol. The van der Waals surface area contributed by atoms with Crippen molar-refractivity contribution < 1.29 is 4.79 Å². The molecule has 1 fully saturated rings. The van der Waals surface area contributed by atoms with Gasteiger partial charge in [-0.3, -0.25) is 0 Å². The Morgan fingerprint density at radius 2 is 2.09 bits per heavy atom. The summed E-state index contributed by atoms with van der Waals surface area (Å²) in [7, 11) is 1.85. The van der Waals surface area contributed by atoms with E-state index in [0.29, 0.717) is 5.92 Å². The van der Waals surface area contributed by atoms with E-state index in [9.17, 15) is 4.79 Å². The molecule has 3 nitrogen and oxygen atoms in total. The van der Waals surface area contributed by atoms with Crippen LogP contribution in [0.4, 0.5) is 4.79 Å². The first-order valence-corrected chi connectivity index (χ1v) is 4.11. The molecule has 1 saturated heterocycles. The minimum Gasteiger partial charge on any atom is -0.326 e. The molecule has 0 N–H and O–H groups in total. The molecule has 0 bridgehead atoms. The first-order valence-electron chi connectivity index (χ1n) is 4.11. The molecule has 3 heteroatoms. The Labute approximate surface area is 68.0 Å². The highest BCUT2D eigenvalue weighted by molar-refractivity contribution is 5.76. The van der Waals surface area contributed by atoms with Crippen LogP contribution in [0.25, 0.3) is 0 Å². The van der Waals surface area contributed by atoms with Gasteiger partial charge in [-0.15, -0.1) is 0 Å². The minimum absolute atomic E-state index is 0.179. The van der Waals surface area contributed by atoms with Gasteiger partial charge in [-0.1, -0.05) is 13.8 Å². The second-order valence-electron chi connectivity index (χ2n) is 3.54. The van der Waals surface area contributed by atoms with Gasteiger partial charge in [-0.25, -0.2) is 4.79 Å². The van der Waals surface area contributed by atoms with Gasteiger partial charge in [0, 0.05) is 26.7 Å². The van der Waals surface area contributed by atoms with Crippen LogP contribution in [0.5, 0.6) is 0 Å². The van der Waals surface area contributed by atoms with E-state index >= 15 is 0 Å². The smallest absolute Gasteiger partial charge is 0.319 e. The maximum atomic E-state index is 11.3. The number of rotatable bonds is 2. The fourth-order valence-electron chi connectivity index (χ4n) is 1.31. The Bertz CT molecular complexity index is 156. The molecular formula is C8H16N2O. The summed E-state index contributed by atoms with van der Waals surface area (Å²) in [6, 6.07) is 0.179. The maximum Gasteiger partial charge on any atom is 0.319 e. The molecule has 0 aromatic rings. The molecule has 64 valence electrons. The third-order valence-corrected chi connectivity index (χ3v) is 1.89. The van der Waals surface area contributed by atoms with Gasteiger partial charge in [-0.2, -0.15) is 0 Å². The van der Waals surface area contributed by atoms with Crippen molar-refractivity contribution in [1.29, 1.82) is 0 Å². The molecule has 0 unspecified atom stereocenters. The Morgan fingerprint density at radius 1 is 1.45 bits per heavy atom. The molecule has 0 aliphatic carbocycles. The van der Waals surface area contributed by atoms with E-state index in [2.05, 4.69) is 13.8 Å². The van der Waals surface area contributed by atoms with Gasteiger partial charge in [0.05, 0.1) is 0 Å². The van der Waals surface area contributed by atoms with Gasteiger partial charge in [-0.05, 0) is 5.92 Å². The van der Waals surface area contributed by atoms with Crippen LogP contribution in [0.2, 0.25) is 0 Å². The second kappa shape index (κ2) is 3.11. The Balaban J connectivity index is 2.42. The minimum atomic E-state index is 0.179. The first-order chi connectivity index (χ1) is 5.11. The quantitative estimate of drug-likeness (QED) is 0.585. The predicted molar refractivity (Wildman–Crippen MR) is 44.4 cm³/mol. The Hall–Kier alpha value is -0.730. The fraction of sp³-hybridized carbons (Fsp3) is 0.875. The van der Waals surface area contributed by atoms with Crippen LogP contribution in [0, 0.1) is 5.92 Å². The van der Waals surface area contributed by atoms with E-state index in [0.717, 1.165) is 19.6 Å². The topological polar surface area (TPSA) is 23.6 Å². The van der Waals surface area contributed by atoms with Crippen molar-refractivity contribution in [2.75, 3.05) is 26.7 Å². The number of carbonyl (C=O) groups is 1. The summed E-state index contributed by atoms with van der Waals surface area (Å²) in [6.45, 7) is 6.93. The van der Waals surface area contributed by atoms with Gasteiger partial charge in [0.2, 0.25) is 0 Å². The normalized spacial score (nSPS) is 18.7. The highest BCUT2D eigenvalue weighted by Gasteiger charge is 2.24. The van der Waals surface area contributed by atoms with Crippen molar-refractivity contribution >= 4 is 6.03 Å². The summed E-state index contributed by atoms with van der Waals surface area (Å²) >= 11 is 0. The monoisotopic (exact) mass is 156 g/mol. The number of hydrogen-bond acceptors (Lipinski definition) is 1. The van der Waals surface area contributed by atoms with Gasteiger partial charge in [0.15, 0.2) is 0 Å². The first kappa shape index (κ1) is 8.37. The second-order valence-corrected chi connectivity index (χ2v) is 3.54. The van der Waals surface area contributed by atoms with E-state index < -0.39 is 0 Å². The molecule has 1 aliphatic heterocycles. The van der Waals surface area contributed by atoms with E-state index in [1.165, 1.54) is 0 Å². The number of nitrogens with zero attached hydrogens (tertiary/aromatic N) is 2. The number of urea groups is 1. The molecule has 1 heterocycles. The van der Waals surface area contributed by atoms with Gasteiger partial charge in [0.1, 0.15) is 0 Å². The van der Waals surface area contributed by atoms with Crippen LogP contribution in [0.3, 0.4) is 0 Å². The zero-order valence-corrected chi connectivity index (χ0v) is 7.50. The lowest BCUT2D eigenvalue weighted by Gasteiger charge is -2.17. The van der Waals surface area contributed by atoms with Crippen molar-refractivity contribution in [2.24, 2.45) is 5.92 Å². The highest BCUT2D eigenvalue weighted by Crippen LogP contribution is 2.08. The van der Waals surface area contributed by atoms with Crippen molar-refractivity contribution in [1.82, 2.24) is 9.80 Å². The predicted octanol–water partition coefficient (Wildman–Crippen LogP) is 1.01. The molecule has 0 saturated carbocycles. The van der Waals surface area contributed by atoms with Crippen LogP contribution >= 0.6 is 0 Å². The largest absolute Gasteiger partial charge is 0.326 e. The summed E-state index contributed by atoms with van der Waals surface area (Å²) in [6.07, 6.45) is 0. The summed E-state index contributed by atoms with van der Waals surface area (Å²) < 4.78 is 0. The van der Waals surface area contributed by atoms with Crippen LogP contribution in [0.1, 0.15) is 13.8 Å². The average molecular weight is 156 g/mol. The molecule has 0 aromatic carbocycles. The third kappa shape index (κ3) is 1.85. The van der Waals surface area contributed by atoms with Gasteiger partial charge < -0.3 is 9.80 Å². The van der Waals surface area contributed by atoms with Crippen molar-refractivity contribution in [3.05, 3.63) is 0 Å². The third-order valence-electron chi connectivity index (χ3n) is 1.89. The standard InChI is InChI=1S/C8H16N2O/c1-7(2)6-10-5-4-9(3)8(10)11/h7H,4-6H2,1-3H3. The molecule has 0 aromatic heterocycles. The van der Waals surface area contributed by atoms with Crippen molar-refractivity contribution in [2.45, 2.75) is 13.8 Å². The van der Waals surface area contributed by atoms with Crippen LogP contribution in [-0.4, -0.2) is 42.5 Å². The molecule has 2 amide bonds. The van der Waals surface area contributed by atoms with E-state index in [-0.39, 0.29) is 6.03 Å². The molecule has 1 rings (SSSR count). The van der Waals surface area contributed by atoms with Crippen molar-refractivity contribution in [3.63, 3.8) is 0 Å². The zero-order valence-electron chi connectivity index (χ0n) is 7.50. The van der Waals surface area contributed by atoms with E-state index in [1.807, 2.05) is 11.9 Å². The summed E-state index contributed by atoms with van der Waals surface area (Å²) in [4.78, 5) is 15.0. The van der Waals surface area contributed by atoms with Gasteiger partial charge in [0.25, 0.3) is 0 Å². The molecule has 0 atom stereocenters. The summed E-state index contributed by atoms with van der Waals surface area (Å²) in [5, 5.41) is 0. The van der Waals surface area contributed by atoms with Crippen LogP contribution in [0.15, 0.2) is 0 Å². The lowest BCUT2D eigenvalue weighted by atomic mass is 10.2. The average Bonchev–Trinajstić information content (AvgIpc) is 2.18. The lowest BCUT2D eigenvalue weighted by Crippen LogP contribution is -2.32. The fourth-order valence-corrected chi connectivity index (χ4v) is 1.31. The summed E-state index contributed by atoms with van der Waals surface area (Å²) in [5.41, 5.74) is 0. The van der Waals surface area contributed by atoms with Crippen LogP contribution in [-0.2, 0) is 0 Å². The van der Waals surface area contributed by atoms with Gasteiger partial charge >= 0.3 is 6.03 Å².